The summed E-state index contributed by atoms with van der Waals surface area (Å²) in [5.74, 6) is 1.82. The Hall–Kier alpha value is -2.86. The van der Waals surface area contributed by atoms with Gasteiger partial charge in [-0.25, -0.2) is 14.3 Å². The number of carbonyl (C=O) groups is 1. The van der Waals surface area contributed by atoms with E-state index in [1.54, 1.807) is 4.52 Å². The van der Waals surface area contributed by atoms with Gasteiger partial charge in [-0.2, -0.15) is 10.4 Å². The highest BCUT2D eigenvalue weighted by Crippen LogP contribution is 2.52. The number of nitrogens with two attached hydrogens (primary N) is 1. The number of nitriles is 1. The van der Waals surface area contributed by atoms with E-state index in [4.69, 9.17) is 19.9 Å². The number of nitrogen functional groups attached to an aromatic ring is 1. The van der Waals surface area contributed by atoms with Crippen molar-refractivity contribution in [1.82, 2.24) is 14.6 Å². The molecule has 3 heterocycles. The number of rotatable bonds is 4. The molecule has 5 rings (SSSR count). The fourth-order valence-electron chi connectivity index (χ4n) is 4.50. The number of hydrogen-bond acceptors (Lipinski definition) is 8. The first kappa shape index (κ1) is 17.3. The normalized spacial score (nSPS) is 33.4. The summed E-state index contributed by atoms with van der Waals surface area (Å²) in [6.45, 7) is -0.154. The third kappa shape index (κ3) is 2.94. The Morgan fingerprint density at radius 3 is 3.00 bits per heavy atom. The molecule has 2 aromatic heterocycles. The van der Waals surface area contributed by atoms with Crippen molar-refractivity contribution in [1.29, 1.82) is 5.26 Å². The van der Waals surface area contributed by atoms with Crippen LogP contribution in [0.4, 0.5) is 10.6 Å². The van der Waals surface area contributed by atoms with Crippen molar-refractivity contribution < 1.29 is 19.0 Å². The minimum absolute atomic E-state index is 0.0521. The number of aromatic nitrogens is 3. The predicted octanol–water partition coefficient (Wildman–Crippen LogP) is 2.38. The van der Waals surface area contributed by atoms with E-state index in [9.17, 15) is 10.1 Å². The molecule has 0 aromatic carbocycles. The van der Waals surface area contributed by atoms with Crippen LogP contribution in [-0.2, 0) is 14.2 Å². The maximum atomic E-state index is 12.0. The minimum Gasteiger partial charge on any atom is -0.431 e. The smallest absolute Gasteiger partial charge is 0.431 e. The van der Waals surface area contributed by atoms with Gasteiger partial charge in [0.1, 0.15) is 36.7 Å². The molecule has 1 aliphatic heterocycles. The average molecular weight is 383 g/mol. The maximum absolute atomic E-state index is 12.0. The van der Waals surface area contributed by atoms with Crippen molar-refractivity contribution in [3.63, 3.8) is 0 Å². The van der Waals surface area contributed by atoms with E-state index in [0.717, 1.165) is 30.4 Å². The van der Waals surface area contributed by atoms with Crippen LogP contribution in [0, 0.1) is 23.2 Å². The zero-order valence-corrected chi connectivity index (χ0v) is 15.3. The van der Waals surface area contributed by atoms with Crippen LogP contribution in [0.2, 0.25) is 0 Å². The molecule has 3 fully saturated rings. The number of carbonyl (C=O) groups excluding carboxylic acids is 1. The largest absolute Gasteiger partial charge is 0.508 e. The average Bonchev–Trinajstić information content (AvgIpc) is 3.09. The Kier molecular flexibility index (Phi) is 3.91. The monoisotopic (exact) mass is 383 g/mol. The van der Waals surface area contributed by atoms with E-state index >= 15 is 0 Å². The maximum Gasteiger partial charge on any atom is 0.508 e. The minimum atomic E-state index is -1.19. The molecule has 9 nitrogen and oxygen atoms in total. The molecule has 1 saturated heterocycles. The summed E-state index contributed by atoms with van der Waals surface area (Å²) in [5, 5.41) is 13.9. The van der Waals surface area contributed by atoms with Crippen molar-refractivity contribution in [2.45, 2.75) is 49.9 Å². The van der Waals surface area contributed by atoms with Gasteiger partial charge in [0.25, 0.3) is 0 Å². The third-order valence-corrected chi connectivity index (χ3v) is 6.11. The molecular formula is C19H21N5O4. The van der Waals surface area contributed by atoms with Crippen molar-refractivity contribution in [3.05, 3.63) is 24.2 Å². The van der Waals surface area contributed by atoms with Crippen LogP contribution in [0.5, 0.6) is 0 Å². The molecule has 28 heavy (non-hydrogen) atoms. The van der Waals surface area contributed by atoms with E-state index in [1.807, 2.05) is 12.1 Å². The summed E-state index contributed by atoms with van der Waals surface area (Å²) in [5.41, 5.74) is 6.15. The van der Waals surface area contributed by atoms with E-state index in [-0.39, 0.29) is 18.8 Å². The van der Waals surface area contributed by atoms with Crippen molar-refractivity contribution in [3.8, 4) is 6.07 Å². The highest BCUT2D eigenvalue weighted by Gasteiger charge is 2.48. The van der Waals surface area contributed by atoms with E-state index < -0.39 is 11.8 Å². The van der Waals surface area contributed by atoms with E-state index in [2.05, 4.69) is 16.2 Å². The lowest BCUT2D eigenvalue weighted by Gasteiger charge is -2.22. The first-order valence-corrected chi connectivity index (χ1v) is 9.57. The summed E-state index contributed by atoms with van der Waals surface area (Å²) in [6, 6.07) is 5.85. The molecule has 2 aliphatic carbocycles. The van der Waals surface area contributed by atoms with Crippen molar-refractivity contribution in [2.75, 3.05) is 12.3 Å². The second-order valence-electron chi connectivity index (χ2n) is 7.96. The van der Waals surface area contributed by atoms with Gasteiger partial charge >= 0.3 is 6.16 Å². The Balaban J connectivity index is 1.22. The fourth-order valence-corrected chi connectivity index (χ4v) is 4.50. The van der Waals surface area contributed by atoms with Gasteiger partial charge in [0.15, 0.2) is 11.4 Å². The van der Waals surface area contributed by atoms with Crippen LogP contribution in [0.3, 0.4) is 0 Å². The summed E-state index contributed by atoms with van der Waals surface area (Å²) < 4.78 is 18.3. The molecule has 3 unspecified atom stereocenters. The zero-order valence-electron chi connectivity index (χ0n) is 15.3. The first-order chi connectivity index (χ1) is 13.6. The van der Waals surface area contributed by atoms with Crippen LogP contribution < -0.4 is 5.73 Å². The summed E-state index contributed by atoms with van der Waals surface area (Å²) in [6.07, 6.45) is 4.42. The van der Waals surface area contributed by atoms with Gasteiger partial charge in [-0.05, 0) is 56.1 Å². The summed E-state index contributed by atoms with van der Waals surface area (Å²) in [7, 11) is 0. The molecule has 4 atom stereocenters. The van der Waals surface area contributed by atoms with Crippen LogP contribution in [0.15, 0.2) is 18.5 Å². The fraction of sp³-hybridized carbons (Fsp3) is 0.579. The van der Waals surface area contributed by atoms with Gasteiger partial charge in [-0.1, -0.05) is 0 Å². The topological polar surface area (TPSA) is 125 Å². The predicted molar refractivity (Wildman–Crippen MR) is 95.9 cm³/mol. The lowest BCUT2D eigenvalue weighted by molar-refractivity contribution is -0.0606. The summed E-state index contributed by atoms with van der Waals surface area (Å²) in [4.78, 5) is 16.0. The lowest BCUT2D eigenvalue weighted by Crippen LogP contribution is -2.34. The zero-order chi connectivity index (χ0) is 19.3. The molecule has 9 heteroatoms. The molecule has 0 bridgehead atoms. The molecule has 2 aromatic rings. The first-order valence-electron chi connectivity index (χ1n) is 9.57. The molecule has 0 amide bonds. The number of fused-ring (bicyclic) bond motifs is 2. The second kappa shape index (κ2) is 6.34. The van der Waals surface area contributed by atoms with Gasteiger partial charge < -0.3 is 19.9 Å². The Morgan fingerprint density at radius 2 is 2.21 bits per heavy atom. The second-order valence-corrected chi connectivity index (χ2v) is 7.96. The van der Waals surface area contributed by atoms with E-state index in [0.29, 0.717) is 24.2 Å². The van der Waals surface area contributed by atoms with Gasteiger partial charge in [0.2, 0.25) is 0 Å². The van der Waals surface area contributed by atoms with E-state index in [1.165, 1.54) is 12.7 Å². The quantitative estimate of drug-likeness (QED) is 0.798. The van der Waals surface area contributed by atoms with Gasteiger partial charge in [-0.3, -0.25) is 0 Å². The lowest BCUT2D eigenvalue weighted by atomic mass is 10.0. The Labute approximate surface area is 161 Å². The number of nitrogens with zero attached hydrogens (tertiary/aromatic N) is 4. The van der Waals surface area contributed by atoms with Crippen LogP contribution in [0.1, 0.15) is 43.9 Å². The van der Waals surface area contributed by atoms with Gasteiger partial charge in [-0.15, -0.1) is 0 Å². The van der Waals surface area contributed by atoms with Crippen LogP contribution >= 0.6 is 0 Å². The molecule has 2 saturated carbocycles. The van der Waals surface area contributed by atoms with Gasteiger partial charge in [0.05, 0.1) is 5.69 Å². The molecule has 2 N–H and O–H groups in total. The van der Waals surface area contributed by atoms with Crippen LogP contribution in [-0.4, -0.2) is 39.1 Å². The number of hydrogen-bond donors (Lipinski definition) is 1. The summed E-state index contributed by atoms with van der Waals surface area (Å²) >= 11 is 0. The third-order valence-electron chi connectivity index (χ3n) is 6.11. The molecule has 3 aliphatic rings. The Morgan fingerprint density at radius 1 is 1.39 bits per heavy atom. The molecular weight excluding hydrogens is 362 g/mol. The Bertz CT molecular complexity index is 959. The number of ether oxygens (including phenoxy) is 3. The van der Waals surface area contributed by atoms with Gasteiger partial charge in [0, 0.05) is 0 Å². The van der Waals surface area contributed by atoms with Crippen molar-refractivity contribution in [2.24, 2.45) is 11.8 Å². The molecule has 146 valence electrons. The SMILES string of the molecule is N#C[C@@]1(COC(=O)OC2CC3CC3C2)CCC(c2ccc3c(N)ncnn23)O1. The highest BCUT2D eigenvalue weighted by molar-refractivity contribution is 5.65. The molecule has 0 spiro atoms. The number of anilines is 1. The van der Waals surface area contributed by atoms with Crippen molar-refractivity contribution >= 4 is 17.5 Å². The molecule has 0 radical (unpaired) electrons. The standard InChI is InChI=1S/C19H21N5O4/c20-8-19(9-26-18(25)27-13-6-11-5-12(11)7-13)4-3-16(28-19)14-1-2-15-17(21)22-10-23-24(14)15/h1-2,10-13,16H,3-7,9H2,(H2,21,22,23)/t11?,12?,13?,16?,19-/m1/s1. The highest BCUT2D eigenvalue weighted by atomic mass is 16.7. The van der Waals surface area contributed by atoms with Crippen LogP contribution in [0.25, 0.3) is 5.52 Å².